The Hall–Kier alpha value is -0.505. The molecule has 1 aromatic carbocycles. The normalized spacial score (nSPS) is 9.73. The van der Waals surface area contributed by atoms with Gasteiger partial charge in [0.2, 0.25) is 0 Å². The molecule has 11 heavy (non-hydrogen) atoms. The molecule has 0 spiro atoms. The molecule has 2 nitrogen and oxygen atoms in total. The highest BCUT2D eigenvalue weighted by Crippen LogP contribution is 2.04. The lowest BCUT2D eigenvalue weighted by Gasteiger charge is -2.04. The van der Waals surface area contributed by atoms with E-state index in [0.29, 0.717) is 10.5 Å². The Morgan fingerprint density at radius 3 is 2.64 bits per heavy atom. The average molecular weight is 170 g/mol. The molecule has 0 saturated heterocycles. The van der Waals surface area contributed by atoms with Crippen LogP contribution in [0.4, 0.5) is 0 Å². The summed E-state index contributed by atoms with van der Waals surface area (Å²) in [6, 6.07) is 7.02. The van der Waals surface area contributed by atoms with Crippen molar-refractivity contribution < 1.29 is 9.68 Å². The Bertz CT molecular complexity index is 242. The highest BCUT2D eigenvalue weighted by molar-refractivity contribution is 6.63. The summed E-state index contributed by atoms with van der Waals surface area (Å²) >= 11 is 5.76. The van der Waals surface area contributed by atoms with Crippen molar-refractivity contribution in [3.63, 3.8) is 0 Å². The van der Waals surface area contributed by atoms with Crippen LogP contribution >= 0.6 is 11.6 Å². The standard InChI is InChI=1S/C7H8BClO2/c1-11-8(10)6-4-2-3-5-7(6)9/h2-5,10H,1H3. The molecule has 0 fully saturated rings. The van der Waals surface area contributed by atoms with Crippen molar-refractivity contribution in [3.05, 3.63) is 29.3 Å². The van der Waals surface area contributed by atoms with E-state index in [4.69, 9.17) is 11.6 Å². The van der Waals surface area contributed by atoms with E-state index < -0.39 is 7.12 Å². The van der Waals surface area contributed by atoms with Crippen molar-refractivity contribution in [3.8, 4) is 0 Å². The maximum Gasteiger partial charge on any atom is 0.492 e. The van der Waals surface area contributed by atoms with Gasteiger partial charge in [-0.15, -0.1) is 0 Å². The Labute approximate surface area is 70.9 Å². The van der Waals surface area contributed by atoms with Crippen LogP contribution in [0.15, 0.2) is 24.3 Å². The van der Waals surface area contributed by atoms with Crippen LogP contribution in [-0.2, 0) is 4.65 Å². The fourth-order valence-corrected chi connectivity index (χ4v) is 1.03. The van der Waals surface area contributed by atoms with Crippen LogP contribution < -0.4 is 5.46 Å². The number of halogens is 1. The first-order valence-corrected chi connectivity index (χ1v) is 3.59. The largest absolute Gasteiger partial charge is 0.492 e. The Balaban J connectivity index is 2.93. The first-order valence-electron chi connectivity index (χ1n) is 3.21. The quantitative estimate of drug-likeness (QED) is 0.661. The zero-order valence-corrected chi connectivity index (χ0v) is 6.88. The van der Waals surface area contributed by atoms with Gasteiger partial charge in [0.15, 0.2) is 0 Å². The van der Waals surface area contributed by atoms with Crippen molar-refractivity contribution in [2.75, 3.05) is 7.11 Å². The van der Waals surface area contributed by atoms with Crippen LogP contribution in [0.5, 0.6) is 0 Å². The van der Waals surface area contributed by atoms with Crippen LogP contribution in [-0.4, -0.2) is 19.3 Å². The second kappa shape index (κ2) is 3.76. The molecule has 0 atom stereocenters. The van der Waals surface area contributed by atoms with E-state index in [9.17, 15) is 5.02 Å². The minimum absolute atomic E-state index is 0.516. The summed E-state index contributed by atoms with van der Waals surface area (Å²) in [6.45, 7) is 0. The number of rotatable bonds is 2. The average Bonchev–Trinajstić information content (AvgIpc) is 2.04. The Morgan fingerprint density at radius 2 is 2.09 bits per heavy atom. The molecular formula is C7H8BClO2. The van der Waals surface area contributed by atoms with Crippen LogP contribution in [0.3, 0.4) is 0 Å². The molecule has 0 amide bonds. The van der Waals surface area contributed by atoms with Gasteiger partial charge in [0.05, 0.1) is 0 Å². The van der Waals surface area contributed by atoms with E-state index in [1.54, 1.807) is 24.3 Å². The smallest absolute Gasteiger partial charge is 0.423 e. The number of hydrogen-bond donors (Lipinski definition) is 1. The predicted molar refractivity (Wildman–Crippen MR) is 46.1 cm³/mol. The van der Waals surface area contributed by atoms with E-state index in [-0.39, 0.29) is 0 Å². The van der Waals surface area contributed by atoms with Gasteiger partial charge in [-0.25, -0.2) is 0 Å². The van der Waals surface area contributed by atoms with Crippen LogP contribution in [0.1, 0.15) is 0 Å². The fourth-order valence-electron chi connectivity index (χ4n) is 0.802. The van der Waals surface area contributed by atoms with E-state index in [0.717, 1.165) is 0 Å². The molecular weight excluding hydrogens is 162 g/mol. The van der Waals surface area contributed by atoms with E-state index in [1.165, 1.54) is 7.11 Å². The summed E-state index contributed by atoms with van der Waals surface area (Å²) in [5.74, 6) is 0. The highest BCUT2D eigenvalue weighted by Gasteiger charge is 2.16. The second-order valence-electron chi connectivity index (χ2n) is 2.11. The Morgan fingerprint density at radius 1 is 1.45 bits per heavy atom. The van der Waals surface area contributed by atoms with E-state index in [1.807, 2.05) is 0 Å². The summed E-state index contributed by atoms with van der Waals surface area (Å²) < 4.78 is 4.69. The molecule has 0 aromatic heterocycles. The molecule has 0 heterocycles. The van der Waals surface area contributed by atoms with Crippen molar-refractivity contribution in [2.45, 2.75) is 0 Å². The first-order chi connectivity index (χ1) is 5.25. The molecule has 4 heteroatoms. The molecule has 0 radical (unpaired) electrons. The van der Waals surface area contributed by atoms with Crippen molar-refractivity contribution in [1.29, 1.82) is 0 Å². The summed E-state index contributed by atoms with van der Waals surface area (Å²) in [7, 11) is 0.497. The van der Waals surface area contributed by atoms with Gasteiger partial charge < -0.3 is 9.68 Å². The van der Waals surface area contributed by atoms with Gasteiger partial charge in [-0.2, -0.15) is 0 Å². The molecule has 1 aromatic rings. The SMILES string of the molecule is COB(O)c1ccccc1Cl. The molecule has 58 valence electrons. The molecule has 0 aliphatic heterocycles. The van der Waals surface area contributed by atoms with Gasteiger partial charge in [-0.1, -0.05) is 29.8 Å². The molecule has 1 rings (SSSR count). The molecule has 0 aliphatic rings. The molecule has 0 bridgehead atoms. The van der Waals surface area contributed by atoms with E-state index in [2.05, 4.69) is 4.65 Å². The maximum absolute atomic E-state index is 9.20. The second-order valence-corrected chi connectivity index (χ2v) is 2.52. The third-order valence-electron chi connectivity index (χ3n) is 1.39. The lowest BCUT2D eigenvalue weighted by Crippen LogP contribution is -2.32. The summed E-state index contributed by atoms with van der Waals surface area (Å²) in [4.78, 5) is 0. The summed E-state index contributed by atoms with van der Waals surface area (Å²) in [5.41, 5.74) is 0.594. The molecule has 0 saturated carbocycles. The summed E-state index contributed by atoms with van der Waals surface area (Å²) in [5, 5.41) is 9.72. The predicted octanol–water partition coefficient (Wildman–Crippen LogP) is 0.674. The molecule has 0 unspecified atom stereocenters. The zero-order chi connectivity index (χ0) is 8.27. The van der Waals surface area contributed by atoms with Crippen LogP contribution in [0.25, 0.3) is 0 Å². The van der Waals surface area contributed by atoms with Gasteiger partial charge in [0.25, 0.3) is 0 Å². The number of hydrogen-bond acceptors (Lipinski definition) is 2. The minimum atomic E-state index is -0.927. The fraction of sp³-hybridized carbons (Fsp3) is 0.143. The summed E-state index contributed by atoms with van der Waals surface area (Å²) in [6.07, 6.45) is 0. The van der Waals surface area contributed by atoms with Gasteiger partial charge >= 0.3 is 7.12 Å². The Kier molecular flexibility index (Phi) is 2.94. The lowest BCUT2D eigenvalue weighted by atomic mass is 9.80. The zero-order valence-electron chi connectivity index (χ0n) is 6.12. The van der Waals surface area contributed by atoms with Crippen molar-refractivity contribution >= 4 is 24.2 Å². The topological polar surface area (TPSA) is 29.5 Å². The van der Waals surface area contributed by atoms with Crippen LogP contribution in [0.2, 0.25) is 5.02 Å². The van der Waals surface area contributed by atoms with Crippen LogP contribution in [0, 0.1) is 0 Å². The minimum Gasteiger partial charge on any atom is -0.423 e. The van der Waals surface area contributed by atoms with E-state index >= 15 is 0 Å². The van der Waals surface area contributed by atoms with Gasteiger partial charge in [0, 0.05) is 17.6 Å². The van der Waals surface area contributed by atoms with Crippen molar-refractivity contribution in [2.24, 2.45) is 0 Å². The molecule has 0 aliphatic carbocycles. The van der Waals surface area contributed by atoms with Crippen molar-refractivity contribution in [1.82, 2.24) is 0 Å². The lowest BCUT2D eigenvalue weighted by molar-refractivity contribution is 0.341. The number of benzene rings is 1. The first kappa shape index (κ1) is 8.59. The highest BCUT2D eigenvalue weighted by atomic mass is 35.5. The maximum atomic E-state index is 9.20. The monoisotopic (exact) mass is 170 g/mol. The van der Waals surface area contributed by atoms with Gasteiger partial charge in [-0.05, 0) is 6.07 Å². The van der Waals surface area contributed by atoms with Gasteiger partial charge in [0.1, 0.15) is 0 Å². The third kappa shape index (κ3) is 1.96. The molecule has 1 N–H and O–H groups in total. The third-order valence-corrected chi connectivity index (χ3v) is 1.74. The van der Waals surface area contributed by atoms with Gasteiger partial charge in [-0.3, -0.25) is 0 Å².